The Morgan fingerprint density at radius 3 is 1.35 bits per heavy atom. The smallest absolute Gasteiger partial charge is 0.247 e. The van der Waals surface area contributed by atoms with Gasteiger partial charge in [0.05, 0.1) is 33.8 Å². The van der Waals surface area contributed by atoms with E-state index in [9.17, 15) is 9.59 Å². The van der Waals surface area contributed by atoms with Crippen molar-refractivity contribution < 1.29 is 9.59 Å². The topological polar surface area (TPSA) is 71.2 Å². The predicted octanol–water partition coefficient (Wildman–Crippen LogP) is 13.6. The van der Waals surface area contributed by atoms with Crippen LogP contribution in [0.25, 0.3) is 0 Å². The Morgan fingerprint density at radius 1 is 0.529 bits per heavy atom. The molecule has 12 rings (SSSR count). The number of benzene rings is 5. The van der Waals surface area contributed by atoms with Crippen LogP contribution in [0.5, 0.6) is 0 Å². The van der Waals surface area contributed by atoms with Gasteiger partial charge in [-0.1, -0.05) is 119 Å². The van der Waals surface area contributed by atoms with Gasteiger partial charge in [-0.25, -0.2) is 0 Å². The molecule has 5 aliphatic carbocycles. The highest BCUT2D eigenvalue weighted by Crippen LogP contribution is 2.47. The monoisotopic (exact) mass is 1160 g/mol. The molecule has 7 aliphatic rings. The minimum atomic E-state index is -0.458. The number of halogens is 6. The Hall–Kier alpha value is -3.13. The van der Waals surface area contributed by atoms with Crippen molar-refractivity contribution in [2.75, 3.05) is 45.8 Å². The molecule has 5 saturated carbocycles. The fourth-order valence-electron chi connectivity index (χ4n) is 9.67. The maximum Gasteiger partial charge on any atom is 0.247 e. The first-order valence-electron chi connectivity index (χ1n) is 24.0. The first-order chi connectivity index (χ1) is 33.0. The lowest BCUT2D eigenvalue weighted by Crippen LogP contribution is -2.53. The molecule has 0 radical (unpaired) electrons. The van der Waals surface area contributed by atoms with Gasteiger partial charge in [-0.3, -0.25) is 20.2 Å². The fourth-order valence-corrected chi connectivity index (χ4v) is 11.7. The summed E-state index contributed by atoms with van der Waals surface area (Å²) in [6, 6.07) is 36.1. The second kappa shape index (κ2) is 20.5. The van der Waals surface area contributed by atoms with E-state index in [0.717, 1.165) is 109 Å². The molecule has 2 heterocycles. The highest BCUT2D eigenvalue weighted by Gasteiger charge is 2.54. The minimum absolute atomic E-state index is 0.196. The van der Waals surface area contributed by atoms with Gasteiger partial charge in [0.25, 0.3) is 0 Å². The summed E-state index contributed by atoms with van der Waals surface area (Å²) in [4.78, 5) is 36.1. The Balaban J connectivity index is 0.000000133. The van der Waals surface area contributed by atoms with Gasteiger partial charge in [-0.15, -0.1) is 0 Å². The van der Waals surface area contributed by atoms with E-state index in [-0.39, 0.29) is 11.8 Å². The SMILES string of the molecule is Clc1ccc(Br)cc1CBr.O=C(N1CCN(C2CC2)c2ccccc21)C1(NCc2cc(Br)ccc2Cl)CC1.O=C(N1CCN(C2CC2)c2ccccc21)C1(NCc2cc(C3CC3)ccc2Cl)CC1. The second-order valence-electron chi connectivity index (χ2n) is 19.3. The van der Waals surface area contributed by atoms with E-state index in [1.807, 2.05) is 64.4 Å². The number of alkyl halides is 1. The van der Waals surface area contributed by atoms with Crippen LogP contribution in [0.4, 0.5) is 22.7 Å². The molecule has 2 N–H and O–H groups in total. The van der Waals surface area contributed by atoms with Crippen molar-refractivity contribution in [2.45, 2.75) is 112 Å². The van der Waals surface area contributed by atoms with E-state index in [2.05, 4.69) is 117 Å². The van der Waals surface area contributed by atoms with Crippen LogP contribution in [-0.2, 0) is 28.0 Å². The molecule has 5 aromatic carbocycles. The number of hydrogen-bond acceptors (Lipinski definition) is 6. The van der Waals surface area contributed by atoms with Crippen molar-refractivity contribution in [3.8, 4) is 0 Å². The third-order valence-electron chi connectivity index (χ3n) is 14.4. The van der Waals surface area contributed by atoms with Gasteiger partial charge in [0, 0.05) is 80.7 Å². The summed E-state index contributed by atoms with van der Waals surface area (Å²) in [7, 11) is 0. The van der Waals surface area contributed by atoms with Crippen LogP contribution >= 0.6 is 82.6 Å². The third kappa shape index (κ3) is 10.9. The van der Waals surface area contributed by atoms with Gasteiger partial charge in [0.2, 0.25) is 11.8 Å². The van der Waals surface area contributed by atoms with Crippen LogP contribution in [0.2, 0.25) is 15.1 Å². The molecule has 5 aromatic rings. The number of para-hydroxylation sites is 4. The zero-order valence-corrected chi connectivity index (χ0v) is 45.0. The van der Waals surface area contributed by atoms with Crippen molar-refractivity contribution in [3.63, 3.8) is 0 Å². The number of nitrogens with one attached hydrogen (secondary N) is 2. The van der Waals surface area contributed by atoms with E-state index in [1.54, 1.807) is 0 Å². The fraction of sp³-hybridized carbons (Fsp3) is 0.407. The molecular formula is C54H56Br3Cl3N6O2. The Labute approximate surface area is 440 Å². The first kappa shape index (κ1) is 48.5. The highest BCUT2D eigenvalue weighted by atomic mass is 79.9. The molecule has 0 saturated heterocycles. The predicted molar refractivity (Wildman–Crippen MR) is 290 cm³/mol. The summed E-state index contributed by atoms with van der Waals surface area (Å²) in [6.45, 7) is 4.61. The molecule has 0 spiro atoms. The van der Waals surface area contributed by atoms with E-state index < -0.39 is 11.1 Å². The summed E-state index contributed by atoms with van der Waals surface area (Å²) in [5.74, 6) is 1.12. The lowest BCUT2D eigenvalue weighted by molar-refractivity contribution is -0.122. The van der Waals surface area contributed by atoms with Gasteiger partial charge in [0.1, 0.15) is 0 Å². The van der Waals surface area contributed by atoms with Gasteiger partial charge in [-0.2, -0.15) is 0 Å². The molecule has 2 amide bonds. The molecule has 0 unspecified atom stereocenters. The number of rotatable bonds is 12. The van der Waals surface area contributed by atoms with Crippen LogP contribution in [0.1, 0.15) is 92.4 Å². The molecular weight excluding hydrogens is 1110 g/mol. The number of carbonyl (C=O) groups excluding carboxylic acids is 2. The number of carbonyl (C=O) groups is 2. The molecule has 2 aliphatic heterocycles. The molecule has 0 aromatic heterocycles. The standard InChI is InChI=1S/C25H28ClN3O.C22H23BrClN3O.C7H5Br2Cl/c26-21-10-7-18(17-5-6-17)15-19(21)16-27-25(11-12-25)24(30)29-14-13-28(20-8-9-20)22-3-1-2-4-23(22)29;23-16-5-8-18(24)15(13-16)14-25-22(9-10-22)21(28)27-12-11-26(17-6-7-17)19-3-1-2-4-20(19)27;8-4-5-3-6(9)1-2-7(5)10/h1-4,7,10,15,17,20,27H,5-6,8-9,11-14,16H2;1-5,8,13,17,25H,6-7,9-12,14H2;1-3H,4H2. The van der Waals surface area contributed by atoms with Gasteiger partial charge < -0.3 is 19.6 Å². The quantitative estimate of drug-likeness (QED) is 0.121. The molecule has 14 heteroatoms. The summed E-state index contributed by atoms with van der Waals surface area (Å²) in [5.41, 5.74) is 8.27. The van der Waals surface area contributed by atoms with Crippen LogP contribution < -0.4 is 30.2 Å². The molecule has 0 bridgehead atoms. The van der Waals surface area contributed by atoms with E-state index in [1.165, 1.54) is 55.5 Å². The highest BCUT2D eigenvalue weighted by molar-refractivity contribution is 9.10. The van der Waals surface area contributed by atoms with E-state index in [0.29, 0.717) is 31.1 Å². The number of amides is 2. The van der Waals surface area contributed by atoms with Crippen molar-refractivity contribution in [1.29, 1.82) is 0 Å². The Morgan fingerprint density at radius 2 is 0.941 bits per heavy atom. The Kier molecular flexibility index (Phi) is 14.6. The molecule has 5 fully saturated rings. The third-order valence-corrected chi connectivity index (χ3v) is 17.1. The number of fused-ring (bicyclic) bond motifs is 2. The Bertz CT molecular complexity index is 2690. The maximum absolute atomic E-state index is 13.6. The summed E-state index contributed by atoms with van der Waals surface area (Å²) < 4.78 is 2.06. The van der Waals surface area contributed by atoms with Crippen LogP contribution in [0.15, 0.2) is 112 Å². The maximum atomic E-state index is 13.6. The van der Waals surface area contributed by atoms with Gasteiger partial charge in [-0.05, 0) is 159 Å². The normalized spacial score (nSPS) is 19.4. The summed E-state index contributed by atoms with van der Waals surface area (Å²) >= 11 is 28.8. The molecule has 356 valence electrons. The average Bonchev–Trinajstić information content (AvgIpc) is 4.13. The number of nitrogens with zero attached hydrogens (tertiary/aromatic N) is 4. The summed E-state index contributed by atoms with van der Waals surface area (Å²) in [6.07, 6.45) is 11.2. The van der Waals surface area contributed by atoms with Crippen molar-refractivity contribution >= 4 is 117 Å². The average molecular weight is 1170 g/mol. The molecule has 8 nitrogen and oxygen atoms in total. The summed E-state index contributed by atoms with van der Waals surface area (Å²) in [5, 5.41) is 10.2. The van der Waals surface area contributed by atoms with E-state index >= 15 is 0 Å². The van der Waals surface area contributed by atoms with Crippen molar-refractivity contribution in [2.24, 2.45) is 0 Å². The van der Waals surface area contributed by atoms with Crippen LogP contribution in [0.3, 0.4) is 0 Å². The second-order valence-corrected chi connectivity index (χ2v) is 23.0. The van der Waals surface area contributed by atoms with Crippen molar-refractivity contribution in [3.05, 3.63) is 149 Å². The lowest BCUT2D eigenvalue weighted by Gasteiger charge is -2.39. The largest absolute Gasteiger partial charge is 0.365 e. The molecule has 0 atom stereocenters. The zero-order chi connectivity index (χ0) is 47.2. The number of hydrogen-bond donors (Lipinski definition) is 2. The van der Waals surface area contributed by atoms with Crippen LogP contribution in [-0.4, -0.2) is 61.2 Å². The van der Waals surface area contributed by atoms with E-state index in [4.69, 9.17) is 34.8 Å². The van der Waals surface area contributed by atoms with Gasteiger partial charge >= 0.3 is 0 Å². The van der Waals surface area contributed by atoms with Crippen LogP contribution in [0, 0.1) is 0 Å². The minimum Gasteiger partial charge on any atom is -0.365 e. The lowest BCUT2D eigenvalue weighted by atomic mass is 10.1. The first-order valence-corrected chi connectivity index (χ1v) is 27.9. The van der Waals surface area contributed by atoms with Gasteiger partial charge in [0.15, 0.2) is 0 Å². The zero-order valence-electron chi connectivity index (χ0n) is 37.9. The number of anilines is 4. The molecule has 68 heavy (non-hydrogen) atoms. The van der Waals surface area contributed by atoms with Crippen molar-refractivity contribution in [1.82, 2.24) is 10.6 Å².